The van der Waals surface area contributed by atoms with E-state index >= 15 is 0 Å². The van der Waals surface area contributed by atoms with Crippen LogP contribution in [0.4, 0.5) is 13.2 Å². The molecule has 0 aliphatic heterocycles. The van der Waals surface area contributed by atoms with E-state index in [1.165, 1.54) is 29.2 Å². The second-order valence-electron chi connectivity index (χ2n) is 9.30. The van der Waals surface area contributed by atoms with Crippen LogP contribution in [0.1, 0.15) is 53.1 Å². The zero-order valence-electron chi connectivity index (χ0n) is 21.3. The number of rotatable bonds is 6. The fourth-order valence-electron chi connectivity index (χ4n) is 4.27. The van der Waals surface area contributed by atoms with E-state index in [-0.39, 0.29) is 24.0 Å². The predicted octanol–water partition coefficient (Wildman–Crippen LogP) is 6.78. The summed E-state index contributed by atoms with van der Waals surface area (Å²) in [6.45, 7) is 7.65. The predicted molar refractivity (Wildman–Crippen MR) is 137 cm³/mol. The Morgan fingerprint density at radius 2 is 1.84 bits per heavy atom. The average Bonchev–Trinajstić information content (AvgIpc) is 2.86. The van der Waals surface area contributed by atoms with Crippen molar-refractivity contribution in [2.75, 3.05) is 0 Å². The van der Waals surface area contributed by atoms with E-state index in [1.807, 2.05) is 45.9 Å². The second kappa shape index (κ2) is 10.5. The lowest BCUT2D eigenvalue weighted by atomic mass is 9.96. The molecule has 0 spiro atoms. The molecule has 6 nitrogen and oxygen atoms in total. The molecule has 38 heavy (non-hydrogen) atoms. The topological polar surface area (TPSA) is 80.8 Å². The SMILES string of the molecule is Cc1ccc(Cn2c(-c3ccc(Oc4cnccn4)c(C(C)C)c3)cc(C(F)(F)F)c(C#N)c2=O)c(C)c1. The highest BCUT2D eigenvalue weighted by Crippen LogP contribution is 2.37. The van der Waals surface area contributed by atoms with Crippen molar-refractivity contribution in [3.63, 3.8) is 0 Å². The van der Waals surface area contributed by atoms with Gasteiger partial charge in [-0.25, -0.2) is 4.98 Å². The van der Waals surface area contributed by atoms with Crippen molar-refractivity contribution in [2.45, 2.75) is 46.3 Å². The van der Waals surface area contributed by atoms with Gasteiger partial charge in [-0.1, -0.05) is 37.6 Å². The molecule has 0 bridgehead atoms. The first-order valence-corrected chi connectivity index (χ1v) is 11.9. The number of ether oxygens (including phenoxy) is 1. The Hall–Kier alpha value is -4.45. The van der Waals surface area contributed by atoms with E-state index in [0.29, 0.717) is 16.9 Å². The molecule has 0 amide bonds. The molecule has 0 fully saturated rings. The van der Waals surface area contributed by atoms with Crippen LogP contribution in [0.5, 0.6) is 11.6 Å². The average molecular weight is 519 g/mol. The largest absolute Gasteiger partial charge is 0.437 e. The van der Waals surface area contributed by atoms with E-state index < -0.39 is 22.9 Å². The van der Waals surface area contributed by atoms with Gasteiger partial charge in [-0.05, 0) is 66.3 Å². The molecule has 0 saturated heterocycles. The smallest absolute Gasteiger partial charge is 0.417 e. The van der Waals surface area contributed by atoms with Gasteiger partial charge in [0.1, 0.15) is 17.4 Å². The van der Waals surface area contributed by atoms with Crippen molar-refractivity contribution in [3.8, 4) is 29.0 Å². The van der Waals surface area contributed by atoms with Crippen LogP contribution in [0.3, 0.4) is 0 Å². The maximum absolute atomic E-state index is 14.0. The van der Waals surface area contributed by atoms with Crippen LogP contribution in [0.15, 0.2) is 65.8 Å². The van der Waals surface area contributed by atoms with Crippen LogP contribution in [0.25, 0.3) is 11.3 Å². The van der Waals surface area contributed by atoms with Crippen molar-refractivity contribution >= 4 is 0 Å². The molecule has 194 valence electrons. The molecule has 2 heterocycles. The fourth-order valence-corrected chi connectivity index (χ4v) is 4.27. The lowest BCUT2D eigenvalue weighted by Gasteiger charge is -2.20. The standard InChI is InChI=1S/C29H25F3N4O2/c1-17(2)22-12-20(7-8-26(22)38-27-15-34-9-10-35-27)25-13-24(29(30,31)32)23(14-33)28(37)36(25)16-21-6-5-18(3)11-19(21)4/h5-13,15,17H,16H2,1-4H3. The first-order valence-electron chi connectivity index (χ1n) is 11.9. The quantitative estimate of drug-likeness (QED) is 0.281. The number of aryl methyl sites for hydroxylation is 2. The van der Waals surface area contributed by atoms with Gasteiger partial charge in [-0.2, -0.15) is 18.4 Å². The number of nitrogens with zero attached hydrogens (tertiary/aromatic N) is 4. The van der Waals surface area contributed by atoms with Gasteiger partial charge in [-0.15, -0.1) is 0 Å². The van der Waals surface area contributed by atoms with Crippen molar-refractivity contribution in [3.05, 3.63) is 105 Å². The Balaban J connectivity index is 1.94. The summed E-state index contributed by atoms with van der Waals surface area (Å²) in [5, 5.41) is 9.51. The van der Waals surface area contributed by atoms with Gasteiger partial charge >= 0.3 is 6.18 Å². The molecule has 0 aliphatic carbocycles. The third kappa shape index (κ3) is 5.44. The molecule has 9 heteroatoms. The third-order valence-corrected chi connectivity index (χ3v) is 6.23. The van der Waals surface area contributed by atoms with Crippen LogP contribution in [0.2, 0.25) is 0 Å². The van der Waals surface area contributed by atoms with Crippen LogP contribution in [-0.2, 0) is 12.7 Å². The van der Waals surface area contributed by atoms with Crippen LogP contribution in [-0.4, -0.2) is 14.5 Å². The monoisotopic (exact) mass is 518 g/mol. The van der Waals surface area contributed by atoms with E-state index in [9.17, 15) is 23.2 Å². The summed E-state index contributed by atoms with van der Waals surface area (Å²) in [5.41, 5.74) is 0.613. The summed E-state index contributed by atoms with van der Waals surface area (Å²) >= 11 is 0. The van der Waals surface area contributed by atoms with Gasteiger partial charge in [0, 0.05) is 12.4 Å². The van der Waals surface area contributed by atoms with E-state index in [0.717, 1.165) is 22.8 Å². The van der Waals surface area contributed by atoms with Gasteiger partial charge in [0.25, 0.3) is 5.56 Å². The maximum atomic E-state index is 14.0. The number of alkyl halides is 3. The molecule has 2 aromatic heterocycles. The van der Waals surface area contributed by atoms with Crippen molar-refractivity contribution in [1.82, 2.24) is 14.5 Å². The molecule has 0 unspecified atom stereocenters. The molecule has 0 aliphatic rings. The van der Waals surface area contributed by atoms with Gasteiger partial charge < -0.3 is 9.30 Å². The number of hydrogen-bond acceptors (Lipinski definition) is 5. The third-order valence-electron chi connectivity index (χ3n) is 6.23. The van der Waals surface area contributed by atoms with E-state index in [1.54, 1.807) is 18.2 Å². The molecule has 0 radical (unpaired) electrons. The minimum atomic E-state index is -4.88. The van der Waals surface area contributed by atoms with E-state index in [4.69, 9.17) is 4.74 Å². The Kier molecular flexibility index (Phi) is 7.35. The summed E-state index contributed by atoms with van der Waals surface area (Å²) in [6.07, 6.45) is -0.430. The Bertz CT molecular complexity index is 1590. The van der Waals surface area contributed by atoms with Crippen LogP contribution >= 0.6 is 0 Å². The van der Waals surface area contributed by atoms with Crippen molar-refractivity contribution in [1.29, 1.82) is 5.26 Å². The molecule has 4 rings (SSSR count). The zero-order chi connectivity index (χ0) is 27.6. The number of pyridine rings is 1. The van der Waals surface area contributed by atoms with Crippen LogP contribution in [0, 0.1) is 25.2 Å². The number of halogens is 3. The Labute approximate surface area is 218 Å². The highest BCUT2D eigenvalue weighted by Gasteiger charge is 2.36. The molecular weight excluding hydrogens is 493 g/mol. The molecular formula is C29H25F3N4O2. The summed E-state index contributed by atoms with van der Waals surface area (Å²) < 4.78 is 49.0. The molecule has 4 aromatic rings. The highest BCUT2D eigenvalue weighted by molar-refractivity contribution is 5.66. The van der Waals surface area contributed by atoms with Crippen LogP contribution < -0.4 is 10.3 Å². The molecule has 0 saturated carbocycles. The number of benzene rings is 2. The van der Waals surface area contributed by atoms with Gasteiger partial charge in [-0.3, -0.25) is 9.78 Å². The second-order valence-corrected chi connectivity index (χ2v) is 9.30. The number of hydrogen-bond donors (Lipinski definition) is 0. The first-order chi connectivity index (χ1) is 18.0. The molecule has 2 aromatic carbocycles. The highest BCUT2D eigenvalue weighted by atomic mass is 19.4. The van der Waals surface area contributed by atoms with E-state index in [2.05, 4.69) is 9.97 Å². The lowest BCUT2D eigenvalue weighted by molar-refractivity contribution is -0.137. The minimum absolute atomic E-state index is 0.00195. The summed E-state index contributed by atoms with van der Waals surface area (Å²) in [5.74, 6) is 0.672. The summed E-state index contributed by atoms with van der Waals surface area (Å²) in [7, 11) is 0. The normalized spacial score (nSPS) is 11.4. The summed E-state index contributed by atoms with van der Waals surface area (Å²) in [4.78, 5) is 21.5. The minimum Gasteiger partial charge on any atom is -0.437 e. The maximum Gasteiger partial charge on any atom is 0.417 e. The van der Waals surface area contributed by atoms with Gasteiger partial charge in [0.15, 0.2) is 0 Å². The van der Waals surface area contributed by atoms with Gasteiger partial charge in [0.2, 0.25) is 5.88 Å². The van der Waals surface area contributed by atoms with Crippen molar-refractivity contribution < 1.29 is 17.9 Å². The molecule has 0 N–H and O–H groups in total. The van der Waals surface area contributed by atoms with Crippen molar-refractivity contribution in [2.24, 2.45) is 0 Å². The Morgan fingerprint density at radius 3 is 2.45 bits per heavy atom. The number of aromatic nitrogens is 3. The summed E-state index contributed by atoms with van der Waals surface area (Å²) in [6, 6.07) is 12.9. The lowest BCUT2D eigenvalue weighted by Crippen LogP contribution is -2.29. The Morgan fingerprint density at radius 1 is 1.08 bits per heavy atom. The fraction of sp³-hybridized carbons (Fsp3) is 0.241. The van der Waals surface area contributed by atoms with Gasteiger partial charge in [0.05, 0.1) is 24.0 Å². The molecule has 0 atom stereocenters. The number of nitriles is 1. The zero-order valence-corrected chi connectivity index (χ0v) is 21.3. The first kappa shape index (κ1) is 26.6.